The second-order valence-corrected chi connectivity index (χ2v) is 7.01. The van der Waals surface area contributed by atoms with E-state index in [-0.39, 0.29) is 11.4 Å². The molecule has 0 saturated carbocycles. The number of hydrogen-bond donors (Lipinski definition) is 0. The molecule has 0 saturated heterocycles. The number of amides is 1. The first-order chi connectivity index (χ1) is 15.1. The van der Waals surface area contributed by atoms with Crippen LogP contribution in [0, 0.1) is 10.1 Å². The molecule has 5 rings (SSSR count). The number of non-ortho nitro benzene ring substituents is 1. The maximum Gasteiger partial charge on any atom is 0.310 e. The molecular weight excluding hydrogens is 398 g/mol. The molecule has 1 aliphatic rings. The Morgan fingerprint density at radius 3 is 2.68 bits per heavy atom. The van der Waals surface area contributed by atoms with Crippen LogP contribution in [0.4, 0.5) is 5.69 Å². The van der Waals surface area contributed by atoms with Crippen molar-refractivity contribution in [2.75, 3.05) is 0 Å². The van der Waals surface area contributed by atoms with E-state index in [0.29, 0.717) is 23.2 Å². The molecule has 9 heteroatoms. The monoisotopic (exact) mass is 413 g/mol. The zero-order valence-electron chi connectivity index (χ0n) is 16.1. The van der Waals surface area contributed by atoms with E-state index in [1.165, 1.54) is 23.4 Å². The number of fused-ring (bicyclic) bond motifs is 1. The van der Waals surface area contributed by atoms with Crippen molar-refractivity contribution in [1.29, 1.82) is 0 Å². The molecule has 9 nitrogen and oxygen atoms in total. The Hall–Kier alpha value is -4.40. The highest BCUT2D eigenvalue weighted by molar-refractivity contribution is 6.05. The smallest absolute Gasteiger partial charge is 0.310 e. The number of nitro benzene ring substituents is 1. The van der Waals surface area contributed by atoms with E-state index in [9.17, 15) is 14.9 Å². The summed E-state index contributed by atoms with van der Waals surface area (Å²) < 4.78 is 5.28. The summed E-state index contributed by atoms with van der Waals surface area (Å²) in [7, 11) is 0. The molecule has 3 heterocycles. The molecule has 2 aromatic heterocycles. The molecule has 4 aromatic rings. The van der Waals surface area contributed by atoms with Crippen LogP contribution in [0.25, 0.3) is 11.0 Å². The topological polar surface area (TPSA) is 115 Å². The van der Waals surface area contributed by atoms with E-state index in [0.717, 1.165) is 11.1 Å². The fourth-order valence-corrected chi connectivity index (χ4v) is 3.63. The lowest BCUT2D eigenvalue weighted by molar-refractivity contribution is -0.384. The molecule has 1 aliphatic heterocycles. The number of furan rings is 1. The molecule has 0 N–H and O–H groups in total. The molecule has 1 atom stereocenters. The summed E-state index contributed by atoms with van der Waals surface area (Å²) in [5.74, 6) is -0.232. The van der Waals surface area contributed by atoms with Crippen molar-refractivity contribution in [3.05, 3.63) is 100 Å². The van der Waals surface area contributed by atoms with Gasteiger partial charge in [0.15, 0.2) is 5.76 Å². The van der Waals surface area contributed by atoms with Gasteiger partial charge in [0.2, 0.25) is 0 Å². The quantitative estimate of drug-likeness (QED) is 0.367. The number of hydrazone groups is 1. The number of rotatable bonds is 4. The Morgan fingerprint density at radius 1 is 1.06 bits per heavy atom. The largest absolute Gasteiger partial charge is 0.459 e. The summed E-state index contributed by atoms with van der Waals surface area (Å²) >= 11 is 0. The van der Waals surface area contributed by atoms with Crippen LogP contribution >= 0.6 is 0 Å². The molecule has 0 fully saturated rings. The second kappa shape index (κ2) is 7.45. The van der Waals surface area contributed by atoms with Crippen LogP contribution in [0.3, 0.4) is 0 Å². The number of aromatic nitrogens is 2. The number of carbonyl (C=O) groups excluding carboxylic acids is 1. The SMILES string of the molecule is O=C(c1ccco1)N1N=C(c2cccc([N+](=O)[O-])c2)C[C@H]1c1ccc2nccnc2c1. The van der Waals surface area contributed by atoms with Gasteiger partial charge < -0.3 is 4.42 Å². The van der Waals surface area contributed by atoms with Crippen LogP contribution < -0.4 is 0 Å². The van der Waals surface area contributed by atoms with E-state index in [1.54, 1.807) is 36.7 Å². The Labute approximate surface area is 175 Å². The van der Waals surface area contributed by atoms with Crippen molar-refractivity contribution in [1.82, 2.24) is 15.0 Å². The summed E-state index contributed by atoms with van der Waals surface area (Å²) in [4.78, 5) is 32.5. The van der Waals surface area contributed by atoms with Crippen LogP contribution in [0.2, 0.25) is 0 Å². The van der Waals surface area contributed by atoms with Crippen LogP contribution in [-0.2, 0) is 0 Å². The summed E-state index contributed by atoms with van der Waals surface area (Å²) in [6.07, 6.45) is 5.04. The predicted molar refractivity (Wildman–Crippen MR) is 111 cm³/mol. The molecule has 0 radical (unpaired) electrons. The molecule has 152 valence electrons. The van der Waals surface area contributed by atoms with Gasteiger partial charge in [0.25, 0.3) is 5.69 Å². The normalized spacial score (nSPS) is 15.8. The van der Waals surface area contributed by atoms with Crippen molar-refractivity contribution in [2.24, 2.45) is 5.10 Å². The highest BCUT2D eigenvalue weighted by Gasteiger charge is 2.35. The van der Waals surface area contributed by atoms with Crippen LogP contribution in [-0.4, -0.2) is 31.5 Å². The zero-order chi connectivity index (χ0) is 21.4. The number of carbonyl (C=O) groups is 1. The van der Waals surface area contributed by atoms with Gasteiger partial charge in [-0.3, -0.25) is 24.9 Å². The van der Waals surface area contributed by atoms with Crippen molar-refractivity contribution >= 4 is 28.3 Å². The van der Waals surface area contributed by atoms with E-state index in [2.05, 4.69) is 15.1 Å². The molecule has 2 aromatic carbocycles. The third-order valence-corrected chi connectivity index (χ3v) is 5.12. The Bertz CT molecular complexity index is 1330. The van der Waals surface area contributed by atoms with Crippen molar-refractivity contribution in [3.8, 4) is 0 Å². The highest BCUT2D eigenvalue weighted by Crippen LogP contribution is 2.35. The average Bonchev–Trinajstić information content (AvgIpc) is 3.49. The van der Waals surface area contributed by atoms with Crippen LogP contribution in [0.1, 0.15) is 34.1 Å². The summed E-state index contributed by atoms with van der Waals surface area (Å²) in [6, 6.07) is 14.6. The molecule has 0 spiro atoms. The van der Waals surface area contributed by atoms with Crippen molar-refractivity contribution < 1.29 is 14.1 Å². The third kappa shape index (κ3) is 3.42. The van der Waals surface area contributed by atoms with Gasteiger partial charge in [-0.05, 0) is 29.8 Å². The van der Waals surface area contributed by atoms with Gasteiger partial charge >= 0.3 is 5.91 Å². The minimum Gasteiger partial charge on any atom is -0.459 e. The Morgan fingerprint density at radius 2 is 1.90 bits per heavy atom. The Balaban J connectivity index is 1.57. The van der Waals surface area contributed by atoms with Gasteiger partial charge in [-0.25, -0.2) is 5.01 Å². The Kier molecular flexibility index (Phi) is 4.47. The van der Waals surface area contributed by atoms with Crippen molar-refractivity contribution in [3.63, 3.8) is 0 Å². The standard InChI is InChI=1S/C22H15N5O4/c28-22(21-5-2-10-31-21)26-20(15-6-7-17-19(12-15)24-9-8-23-17)13-18(25-26)14-3-1-4-16(11-14)27(29)30/h1-12,20H,13H2/t20-/m0/s1. The van der Waals surface area contributed by atoms with Gasteiger partial charge in [-0.1, -0.05) is 18.2 Å². The number of hydrogen-bond acceptors (Lipinski definition) is 7. The van der Waals surface area contributed by atoms with Crippen LogP contribution in [0.5, 0.6) is 0 Å². The predicted octanol–water partition coefficient (Wildman–Crippen LogP) is 4.12. The lowest BCUT2D eigenvalue weighted by atomic mass is 9.97. The van der Waals surface area contributed by atoms with Crippen LogP contribution in [0.15, 0.2) is 82.8 Å². The van der Waals surface area contributed by atoms with Gasteiger partial charge in [0.05, 0.1) is 34.0 Å². The fraction of sp³-hybridized carbons (Fsp3) is 0.0909. The maximum absolute atomic E-state index is 13.1. The van der Waals surface area contributed by atoms with Crippen molar-refractivity contribution in [2.45, 2.75) is 12.5 Å². The van der Waals surface area contributed by atoms with E-state index in [1.807, 2.05) is 18.2 Å². The summed E-state index contributed by atoms with van der Waals surface area (Å²) in [5, 5.41) is 17.1. The minimum absolute atomic E-state index is 0.0338. The summed E-state index contributed by atoms with van der Waals surface area (Å²) in [6.45, 7) is 0. The first-order valence-corrected chi connectivity index (χ1v) is 9.50. The third-order valence-electron chi connectivity index (χ3n) is 5.12. The molecular formula is C22H15N5O4. The van der Waals surface area contributed by atoms with Gasteiger partial charge in [-0.15, -0.1) is 0 Å². The molecule has 31 heavy (non-hydrogen) atoms. The zero-order valence-corrected chi connectivity index (χ0v) is 16.1. The fourth-order valence-electron chi connectivity index (χ4n) is 3.63. The lowest BCUT2D eigenvalue weighted by Crippen LogP contribution is -2.26. The highest BCUT2D eigenvalue weighted by atomic mass is 16.6. The minimum atomic E-state index is -0.454. The lowest BCUT2D eigenvalue weighted by Gasteiger charge is -2.21. The van der Waals surface area contributed by atoms with E-state index >= 15 is 0 Å². The summed E-state index contributed by atoms with van der Waals surface area (Å²) in [5.41, 5.74) is 3.41. The molecule has 0 aliphatic carbocycles. The first kappa shape index (κ1) is 18.6. The molecule has 0 unspecified atom stereocenters. The van der Waals surface area contributed by atoms with Gasteiger partial charge in [0.1, 0.15) is 0 Å². The second-order valence-electron chi connectivity index (χ2n) is 7.01. The average molecular weight is 413 g/mol. The number of nitrogens with zero attached hydrogens (tertiary/aromatic N) is 5. The first-order valence-electron chi connectivity index (χ1n) is 9.50. The van der Waals surface area contributed by atoms with Gasteiger partial charge in [-0.2, -0.15) is 5.10 Å². The number of nitro groups is 1. The molecule has 0 bridgehead atoms. The number of benzene rings is 2. The van der Waals surface area contributed by atoms with E-state index in [4.69, 9.17) is 4.42 Å². The van der Waals surface area contributed by atoms with Gasteiger partial charge in [0, 0.05) is 36.5 Å². The molecule has 1 amide bonds. The maximum atomic E-state index is 13.1. The van der Waals surface area contributed by atoms with E-state index < -0.39 is 16.9 Å².